The Bertz CT molecular complexity index is 824. The van der Waals surface area contributed by atoms with Crippen molar-refractivity contribution < 1.29 is 17.0 Å². The van der Waals surface area contributed by atoms with Crippen LogP contribution < -0.4 is 22.3 Å². The molecule has 4 rings (SSSR count). The van der Waals surface area contributed by atoms with Gasteiger partial charge in [0.25, 0.3) is 0 Å². The van der Waals surface area contributed by atoms with Crippen LogP contribution in [0.2, 0.25) is 0 Å². The van der Waals surface area contributed by atoms with Crippen LogP contribution >= 0.6 is 7.26 Å². The summed E-state index contributed by atoms with van der Waals surface area (Å²) in [5.74, 6) is 0. The van der Waals surface area contributed by atoms with Gasteiger partial charge in [-0.1, -0.05) is 85.8 Å². The molecule has 0 spiro atoms. The van der Waals surface area contributed by atoms with Crippen molar-refractivity contribution >= 4 is 12.6 Å². The van der Waals surface area contributed by atoms with Crippen LogP contribution in [0.25, 0.3) is 0 Å². The summed E-state index contributed by atoms with van der Waals surface area (Å²) in [4.78, 5) is 5.39. The van der Waals surface area contributed by atoms with Crippen LogP contribution in [0, 0.1) is 0 Å². The van der Waals surface area contributed by atoms with E-state index in [9.17, 15) is 0 Å². The van der Waals surface area contributed by atoms with Crippen molar-refractivity contribution in [1.82, 2.24) is 9.80 Å². The van der Waals surface area contributed by atoms with Crippen molar-refractivity contribution in [2.75, 3.05) is 25.4 Å². The molecule has 4 heteroatoms. The topological polar surface area (TPSA) is 6.48 Å². The minimum absolute atomic E-state index is 0. The highest BCUT2D eigenvalue weighted by Crippen LogP contribution is 2.60. The molecule has 0 saturated carbocycles. The Hall–Kier alpha value is -1.51. The van der Waals surface area contributed by atoms with Gasteiger partial charge in [-0.15, -0.1) is 0 Å². The summed E-state index contributed by atoms with van der Waals surface area (Å²) in [6.45, 7) is 5.46. The fraction of sp³-hybridized carbons (Fsp3) is 0.308. The fourth-order valence-electron chi connectivity index (χ4n) is 4.67. The molecule has 0 bridgehead atoms. The lowest BCUT2D eigenvalue weighted by Crippen LogP contribution is -3.00. The molecule has 0 atom stereocenters. The molecule has 1 heterocycles. The molecule has 1 aliphatic heterocycles. The minimum Gasteiger partial charge on any atom is -1.00 e. The first-order valence-corrected chi connectivity index (χ1v) is 13.1. The van der Waals surface area contributed by atoms with E-state index in [1.54, 1.807) is 5.30 Å². The van der Waals surface area contributed by atoms with Gasteiger partial charge >= 0.3 is 0 Å². The highest BCUT2D eigenvalue weighted by atomic mass is 79.9. The summed E-state index contributed by atoms with van der Waals surface area (Å²) in [6.07, 6.45) is 5.03. The first-order valence-electron chi connectivity index (χ1n) is 10.7. The number of hydrogen-bond donors (Lipinski definition) is 0. The van der Waals surface area contributed by atoms with E-state index in [1.165, 1.54) is 36.3 Å². The van der Waals surface area contributed by atoms with Gasteiger partial charge in [0.2, 0.25) is 0 Å². The smallest absolute Gasteiger partial charge is 0.119 e. The number of hydrogen-bond acceptors (Lipinski definition) is 2. The molecule has 3 aromatic rings. The molecular weight excluding hydrogens is 451 g/mol. The van der Waals surface area contributed by atoms with Crippen molar-refractivity contribution in [2.24, 2.45) is 0 Å². The third-order valence-electron chi connectivity index (χ3n) is 5.79. The Kier molecular flexibility index (Phi) is 8.65. The molecule has 1 aliphatic rings. The fourth-order valence-corrected chi connectivity index (χ4v) is 9.20. The molecule has 2 nitrogen and oxygen atoms in total. The van der Waals surface area contributed by atoms with Crippen molar-refractivity contribution in [3.63, 3.8) is 0 Å². The van der Waals surface area contributed by atoms with Crippen molar-refractivity contribution in [3.8, 4) is 0 Å². The average molecular weight is 483 g/mol. The van der Waals surface area contributed by atoms with Crippen LogP contribution in [0.1, 0.15) is 24.5 Å². The van der Waals surface area contributed by atoms with Gasteiger partial charge in [0.05, 0.1) is 25.4 Å². The van der Waals surface area contributed by atoms with Gasteiger partial charge in [-0.3, -0.25) is 9.80 Å². The maximum Gasteiger partial charge on any atom is 0.119 e. The van der Waals surface area contributed by atoms with Gasteiger partial charge in [-0.2, -0.15) is 0 Å². The molecule has 0 unspecified atom stereocenters. The molecule has 158 valence electrons. The second-order valence-electron chi connectivity index (χ2n) is 8.26. The summed E-state index contributed by atoms with van der Waals surface area (Å²) in [6, 6.07) is 33.3. The second kappa shape index (κ2) is 11.2. The lowest BCUT2D eigenvalue weighted by molar-refractivity contribution is -0.00000615. The molecule has 30 heavy (non-hydrogen) atoms. The highest BCUT2D eigenvalue weighted by Gasteiger charge is 2.46. The van der Waals surface area contributed by atoms with Crippen molar-refractivity contribution in [1.29, 1.82) is 0 Å². The van der Waals surface area contributed by atoms with Crippen LogP contribution in [-0.4, -0.2) is 35.2 Å². The normalized spacial score (nSPS) is 16.7. The summed E-state index contributed by atoms with van der Waals surface area (Å²) in [5, 5.41) is 1.60. The van der Waals surface area contributed by atoms with Crippen LogP contribution in [-0.2, 0) is 13.1 Å². The zero-order valence-corrected chi connectivity index (χ0v) is 20.3. The molecule has 0 radical (unpaired) electrons. The minimum atomic E-state index is -1.28. The molecular formula is C26H32BrN2P. The predicted octanol–water partition coefficient (Wildman–Crippen LogP) is 2.63. The van der Waals surface area contributed by atoms with Gasteiger partial charge in [-0.25, -0.2) is 0 Å². The standard InChI is InChI=1S/C26H32N2P.BrH/c1-2-18-29(26-16-10-5-11-17-26)22-27(19-24-12-6-3-7-13-24)21-28(23-29)20-25-14-8-4-9-15-25;/h3-17H,2,18-23H2,1H3;1H/q+1;/p-1. The third-order valence-corrected chi connectivity index (χ3v) is 10.4. The molecule has 0 N–H and O–H groups in total. The maximum absolute atomic E-state index is 2.69. The van der Waals surface area contributed by atoms with Crippen molar-refractivity contribution in [2.45, 2.75) is 26.4 Å². The summed E-state index contributed by atoms with van der Waals surface area (Å²) < 4.78 is 0. The maximum atomic E-state index is 2.69. The summed E-state index contributed by atoms with van der Waals surface area (Å²) >= 11 is 0. The Morgan fingerprint density at radius 3 is 1.53 bits per heavy atom. The Morgan fingerprint density at radius 2 is 1.10 bits per heavy atom. The summed E-state index contributed by atoms with van der Waals surface area (Å²) in [7, 11) is -1.28. The Morgan fingerprint density at radius 1 is 0.667 bits per heavy atom. The summed E-state index contributed by atoms with van der Waals surface area (Å²) in [5.41, 5.74) is 2.83. The van der Waals surface area contributed by atoms with Crippen LogP contribution in [0.4, 0.5) is 0 Å². The zero-order valence-electron chi connectivity index (χ0n) is 17.8. The Labute approximate surface area is 193 Å². The van der Waals surface area contributed by atoms with Gasteiger partial charge in [0.15, 0.2) is 0 Å². The van der Waals surface area contributed by atoms with Crippen LogP contribution in [0.5, 0.6) is 0 Å². The van der Waals surface area contributed by atoms with Gasteiger partial charge < -0.3 is 17.0 Å². The number of halogens is 1. The van der Waals surface area contributed by atoms with Crippen LogP contribution in [0.3, 0.4) is 0 Å². The van der Waals surface area contributed by atoms with E-state index in [1.807, 2.05) is 0 Å². The van der Waals surface area contributed by atoms with Crippen LogP contribution in [0.15, 0.2) is 91.0 Å². The van der Waals surface area contributed by atoms with E-state index >= 15 is 0 Å². The first kappa shape index (κ1) is 23.2. The zero-order chi connectivity index (χ0) is 19.9. The second-order valence-corrected chi connectivity index (χ2v) is 12.1. The lowest BCUT2D eigenvalue weighted by Gasteiger charge is -2.43. The van der Waals surface area contributed by atoms with E-state index in [0.717, 1.165) is 19.8 Å². The van der Waals surface area contributed by atoms with E-state index in [0.29, 0.717) is 0 Å². The van der Waals surface area contributed by atoms with Gasteiger partial charge in [-0.05, 0) is 29.7 Å². The predicted molar refractivity (Wildman–Crippen MR) is 127 cm³/mol. The van der Waals surface area contributed by atoms with E-state index in [-0.39, 0.29) is 17.0 Å². The highest BCUT2D eigenvalue weighted by molar-refractivity contribution is 7.82. The Balaban J connectivity index is 0.00000256. The van der Waals surface area contributed by atoms with E-state index in [4.69, 9.17) is 0 Å². The molecule has 1 fully saturated rings. The van der Waals surface area contributed by atoms with E-state index < -0.39 is 7.26 Å². The molecule has 0 aromatic heterocycles. The lowest BCUT2D eigenvalue weighted by atomic mass is 10.2. The SMILES string of the molecule is CCC[P+]1(c2ccccc2)CN(Cc2ccccc2)CN(Cc2ccccc2)C1.[Br-]. The monoisotopic (exact) mass is 482 g/mol. The van der Waals surface area contributed by atoms with E-state index in [2.05, 4.69) is 108 Å². The molecule has 1 saturated heterocycles. The number of nitrogens with zero attached hydrogens (tertiary/aromatic N) is 2. The number of rotatable bonds is 7. The largest absolute Gasteiger partial charge is 1.00 e. The third kappa shape index (κ3) is 5.80. The quantitative estimate of drug-likeness (QED) is 0.477. The molecule has 0 aliphatic carbocycles. The van der Waals surface area contributed by atoms with Gasteiger partial charge in [0, 0.05) is 13.1 Å². The first-order chi connectivity index (χ1) is 14.3. The number of benzene rings is 3. The molecule has 0 amide bonds. The molecule has 3 aromatic carbocycles. The van der Waals surface area contributed by atoms with Gasteiger partial charge in [0.1, 0.15) is 12.6 Å². The average Bonchev–Trinajstić information content (AvgIpc) is 2.76. The van der Waals surface area contributed by atoms with Crippen molar-refractivity contribution in [3.05, 3.63) is 102 Å².